The van der Waals surface area contributed by atoms with E-state index in [9.17, 15) is 0 Å². The zero-order valence-corrected chi connectivity index (χ0v) is 11.2. The molecule has 2 rings (SSSR count). The first-order chi connectivity index (χ1) is 8.66. The number of aryl methyl sites for hydroxylation is 1. The molecule has 18 heavy (non-hydrogen) atoms. The first-order valence-electron chi connectivity index (χ1n) is 6.41. The summed E-state index contributed by atoms with van der Waals surface area (Å²) < 4.78 is 0. The number of aromatic nitrogens is 1. The average molecular weight is 240 g/mol. The molecule has 2 unspecified atom stereocenters. The van der Waals surface area contributed by atoms with E-state index in [4.69, 9.17) is 0 Å². The standard InChI is InChI=1S/C16H20N2/c1-12-11-16(9-10-17-12)18-14(3)13(2)15-7-5-4-6-8-15/h4-11,13-14H,1-3H3,(H,17,18). The molecule has 2 atom stereocenters. The molecule has 1 N–H and O–H groups in total. The van der Waals surface area contributed by atoms with Crippen LogP contribution >= 0.6 is 0 Å². The van der Waals surface area contributed by atoms with Gasteiger partial charge in [0, 0.05) is 29.5 Å². The molecule has 2 heteroatoms. The van der Waals surface area contributed by atoms with E-state index in [1.165, 1.54) is 5.56 Å². The van der Waals surface area contributed by atoms with Gasteiger partial charge in [0.1, 0.15) is 0 Å². The molecule has 2 nitrogen and oxygen atoms in total. The van der Waals surface area contributed by atoms with Crippen LogP contribution in [0, 0.1) is 6.92 Å². The highest BCUT2D eigenvalue weighted by Crippen LogP contribution is 2.21. The number of rotatable bonds is 4. The summed E-state index contributed by atoms with van der Waals surface area (Å²) in [5, 5.41) is 3.54. The second-order valence-electron chi connectivity index (χ2n) is 4.82. The topological polar surface area (TPSA) is 24.9 Å². The van der Waals surface area contributed by atoms with Crippen LogP contribution in [-0.4, -0.2) is 11.0 Å². The Morgan fingerprint density at radius 3 is 2.44 bits per heavy atom. The summed E-state index contributed by atoms with van der Waals surface area (Å²) in [6.45, 7) is 6.48. The van der Waals surface area contributed by atoms with E-state index >= 15 is 0 Å². The number of pyridine rings is 1. The van der Waals surface area contributed by atoms with Gasteiger partial charge < -0.3 is 5.32 Å². The van der Waals surface area contributed by atoms with Crippen molar-refractivity contribution in [1.82, 2.24) is 4.98 Å². The molecule has 1 heterocycles. The van der Waals surface area contributed by atoms with Crippen molar-refractivity contribution in [2.45, 2.75) is 32.7 Å². The first-order valence-corrected chi connectivity index (χ1v) is 6.41. The van der Waals surface area contributed by atoms with Crippen LogP contribution in [0.2, 0.25) is 0 Å². The Hall–Kier alpha value is -1.83. The summed E-state index contributed by atoms with van der Waals surface area (Å²) in [6.07, 6.45) is 1.84. The van der Waals surface area contributed by atoms with Gasteiger partial charge in [-0.25, -0.2) is 0 Å². The molecule has 2 aromatic rings. The maximum atomic E-state index is 4.21. The number of nitrogens with one attached hydrogen (secondary N) is 1. The lowest BCUT2D eigenvalue weighted by Gasteiger charge is -2.23. The van der Waals surface area contributed by atoms with Gasteiger partial charge in [-0.3, -0.25) is 4.98 Å². The summed E-state index contributed by atoms with van der Waals surface area (Å²) >= 11 is 0. The second kappa shape index (κ2) is 5.67. The van der Waals surface area contributed by atoms with Crippen LogP contribution in [0.3, 0.4) is 0 Å². The predicted octanol–water partition coefficient (Wildman–Crippen LogP) is 3.99. The second-order valence-corrected chi connectivity index (χ2v) is 4.82. The molecule has 0 spiro atoms. The number of hydrogen-bond acceptors (Lipinski definition) is 2. The van der Waals surface area contributed by atoms with Crippen molar-refractivity contribution in [3.05, 3.63) is 59.9 Å². The van der Waals surface area contributed by atoms with Gasteiger partial charge in [-0.15, -0.1) is 0 Å². The van der Waals surface area contributed by atoms with Gasteiger partial charge in [0.25, 0.3) is 0 Å². The molecule has 0 bridgehead atoms. The minimum atomic E-state index is 0.384. The largest absolute Gasteiger partial charge is 0.382 e. The van der Waals surface area contributed by atoms with E-state index in [0.717, 1.165) is 11.4 Å². The highest BCUT2D eigenvalue weighted by Gasteiger charge is 2.13. The SMILES string of the molecule is Cc1cc(NC(C)C(C)c2ccccc2)ccn1. The van der Waals surface area contributed by atoms with E-state index < -0.39 is 0 Å². The van der Waals surface area contributed by atoms with Gasteiger partial charge in [0.05, 0.1) is 0 Å². The van der Waals surface area contributed by atoms with Crippen LogP contribution in [0.15, 0.2) is 48.7 Å². The summed E-state index contributed by atoms with van der Waals surface area (Å²) in [4.78, 5) is 4.21. The molecule has 0 aliphatic carbocycles. The van der Waals surface area contributed by atoms with Crippen LogP contribution in [0.4, 0.5) is 5.69 Å². The molecule has 1 aromatic carbocycles. The molecule has 0 aliphatic heterocycles. The zero-order valence-electron chi connectivity index (χ0n) is 11.2. The van der Waals surface area contributed by atoms with Crippen molar-refractivity contribution >= 4 is 5.69 Å². The Balaban J connectivity index is 2.06. The average Bonchev–Trinajstić information content (AvgIpc) is 2.39. The molecule has 94 valence electrons. The van der Waals surface area contributed by atoms with Crippen LogP contribution in [-0.2, 0) is 0 Å². The molecule has 0 amide bonds. The predicted molar refractivity (Wildman–Crippen MR) is 76.9 cm³/mol. The van der Waals surface area contributed by atoms with Crippen molar-refractivity contribution in [2.75, 3.05) is 5.32 Å². The maximum absolute atomic E-state index is 4.21. The normalized spacial score (nSPS) is 13.9. The first kappa shape index (κ1) is 12.6. The van der Waals surface area contributed by atoms with Crippen molar-refractivity contribution in [2.24, 2.45) is 0 Å². The summed E-state index contributed by atoms with van der Waals surface area (Å²) in [5.74, 6) is 0.472. The van der Waals surface area contributed by atoms with E-state index in [1.54, 1.807) is 0 Å². The number of hydrogen-bond donors (Lipinski definition) is 1. The van der Waals surface area contributed by atoms with Gasteiger partial charge in [-0.1, -0.05) is 37.3 Å². The molecule has 0 saturated heterocycles. The van der Waals surface area contributed by atoms with Gasteiger partial charge in [0.2, 0.25) is 0 Å². The smallest absolute Gasteiger partial charge is 0.0393 e. The highest BCUT2D eigenvalue weighted by molar-refractivity contribution is 5.44. The van der Waals surface area contributed by atoms with Gasteiger partial charge in [0.15, 0.2) is 0 Å². The maximum Gasteiger partial charge on any atom is 0.0393 e. The van der Waals surface area contributed by atoms with Crippen LogP contribution in [0.1, 0.15) is 31.0 Å². The van der Waals surface area contributed by atoms with Crippen molar-refractivity contribution in [3.8, 4) is 0 Å². The molecule has 0 fully saturated rings. The Morgan fingerprint density at radius 1 is 1.06 bits per heavy atom. The third-order valence-corrected chi connectivity index (χ3v) is 3.37. The monoisotopic (exact) mass is 240 g/mol. The summed E-state index contributed by atoms with van der Waals surface area (Å²) in [7, 11) is 0. The Labute approximate surface area is 109 Å². The zero-order chi connectivity index (χ0) is 13.0. The van der Waals surface area contributed by atoms with Crippen molar-refractivity contribution < 1.29 is 0 Å². The lowest BCUT2D eigenvalue weighted by molar-refractivity contribution is 0.650. The number of benzene rings is 1. The third-order valence-electron chi connectivity index (χ3n) is 3.37. The van der Waals surface area contributed by atoms with Gasteiger partial charge >= 0.3 is 0 Å². The van der Waals surface area contributed by atoms with Crippen molar-refractivity contribution in [3.63, 3.8) is 0 Å². The Morgan fingerprint density at radius 2 is 1.78 bits per heavy atom. The molecular formula is C16H20N2. The Kier molecular flexibility index (Phi) is 3.98. The minimum Gasteiger partial charge on any atom is -0.382 e. The van der Waals surface area contributed by atoms with Crippen LogP contribution in [0.5, 0.6) is 0 Å². The number of anilines is 1. The van der Waals surface area contributed by atoms with Crippen LogP contribution < -0.4 is 5.32 Å². The van der Waals surface area contributed by atoms with Gasteiger partial charge in [-0.2, -0.15) is 0 Å². The van der Waals surface area contributed by atoms with E-state index in [-0.39, 0.29) is 0 Å². The van der Waals surface area contributed by atoms with Crippen molar-refractivity contribution in [1.29, 1.82) is 0 Å². The highest BCUT2D eigenvalue weighted by atomic mass is 14.9. The van der Waals surface area contributed by atoms with E-state index in [1.807, 2.05) is 19.2 Å². The number of nitrogens with zero attached hydrogens (tertiary/aromatic N) is 1. The van der Waals surface area contributed by atoms with Crippen LogP contribution in [0.25, 0.3) is 0 Å². The van der Waals surface area contributed by atoms with Gasteiger partial charge in [-0.05, 0) is 31.5 Å². The fraction of sp³-hybridized carbons (Fsp3) is 0.312. The third kappa shape index (κ3) is 3.10. The minimum absolute atomic E-state index is 0.384. The quantitative estimate of drug-likeness (QED) is 0.874. The molecule has 1 aromatic heterocycles. The molecule has 0 aliphatic rings. The molecule has 0 radical (unpaired) electrons. The molecular weight excluding hydrogens is 220 g/mol. The lowest BCUT2D eigenvalue weighted by Crippen LogP contribution is -2.22. The van der Waals surface area contributed by atoms with E-state index in [2.05, 4.69) is 60.5 Å². The Bertz CT molecular complexity index is 493. The lowest BCUT2D eigenvalue weighted by atomic mass is 9.94. The fourth-order valence-corrected chi connectivity index (χ4v) is 2.07. The summed E-state index contributed by atoms with van der Waals surface area (Å²) in [6, 6.07) is 15.1. The molecule has 0 saturated carbocycles. The fourth-order valence-electron chi connectivity index (χ4n) is 2.07. The van der Waals surface area contributed by atoms with E-state index in [0.29, 0.717) is 12.0 Å². The summed E-state index contributed by atoms with van der Waals surface area (Å²) in [5.41, 5.74) is 3.54.